The maximum atomic E-state index is 12.2. The summed E-state index contributed by atoms with van der Waals surface area (Å²) in [5, 5.41) is 9.63. The lowest BCUT2D eigenvalue weighted by molar-refractivity contribution is 0.0672. The highest BCUT2D eigenvalue weighted by molar-refractivity contribution is 5.89. The summed E-state index contributed by atoms with van der Waals surface area (Å²) >= 11 is 0. The molecule has 2 atom stereocenters. The van der Waals surface area contributed by atoms with Crippen molar-refractivity contribution in [1.82, 2.24) is 4.57 Å². The number of aromatic carboxylic acids is 1. The van der Waals surface area contributed by atoms with Crippen molar-refractivity contribution in [2.24, 2.45) is 5.92 Å². The Labute approximate surface area is 139 Å². The zero-order valence-electron chi connectivity index (χ0n) is 13.3. The smallest absolute Gasteiger partial charge is 0.356 e. The summed E-state index contributed by atoms with van der Waals surface area (Å²) in [5.74, 6) is -1.16. The summed E-state index contributed by atoms with van der Waals surface area (Å²) in [6, 6.07) is 10.5. The van der Waals surface area contributed by atoms with Gasteiger partial charge in [-0.2, -0.15) is 0 Å². The predicted molar refractivity (Wildman–Crippen MR) is 87.5 cm³/mol. The Bertz CT molecular complexity index is 784. The van der Waals surface area contributed by atoms with Crippen LogP contribution in [0.15, 0.2) is 47.4 Å². The minimum atomic E-state index is -1.19. The van der Waals surface area contributed by atoms with E-state index in [9.17, 15) is 14.7 Å². The Hall–Kier alpha value is -2.60. The number of nitrogens with zero attached hydrogens (tertiary/aromatic N) is 1. The number of hydrogen-bond acceptors (Lipinski definition) is 4. The lowest BCUT2D eigenvalue weighted by Gasteiger charge is -2.22. The number of aromatic nitrogens is 1. The molecule has 0 amide bonds. The molecular weight excluding hydrogens is 310 g/mol. The van der Waals surface area contributed by atoms with Crippen LogP contribution in [0.1, 0.15) is 29.0 Å². The van der Waals surface area contributed by atoms with E-state index in [1.54, 1.807) is 4.57 Å². The monoisotopic (exact) mass is 329 g/mol. The molecule has 24 heavy (non-hydrogen) atoms. The first-order valence-corrected chi connectivity index (χ1v) is 7.81. The van der Waals surface area contributed by atoms with Crippen molar-refractivity contribution in [2.45, 2.75) is 19.6 Å². The van der Waals surface area contributed by atoms with Crippen LogP contribution in [-0.2, 0) is 11.3 Å². The zero-order valence-corrected chi connectivity index (χ0v) is 13.3. The number of benzene rings is 1. The number of hydrogen-bond donors (Lipinski definition) is 1. The molecule has 0 bridgehead atoms. The van der Waals surface area contributed by atoms with E-state index in [0.29, 0.717) is 13.2 Å². The highest BCUT2D eigenvalue weighted by atomic mass is 16.5. The van der Waals surface area contributed by atoms with E-state index in [4.69, 9.17) is 9.47 Å². The van der Waals surface area contributed by atoms with Gasteiger partial charge < -0.3 is 19.1 Å². The van der Waals surface area contributed by atoms with Crippen molar-refractivity contribution < 1.29 is 19.4 Å². The van der Waals surface area contributed by atoms with Gasteiger partial charge in [0.1, 0.15) is 6.61 Å². The Morgan fingerprint density at radius 2 is 2.04 bits per heavy atom. The van der Waals surface area contributed by atoms with Crippen LogP contribution in [0.4, 0.5) is 0 Å². The fourth-order valence-corrected chi connectivity index (χ4v) is 2.89. The first kappa shape index (κ1) is 16.3. The van der Waals surface area contributed by atoms with Crippen LogP contribution < -0.4 is 10.2 Å². The van der Waals surface area contributed by atoms with Crippen LogP contribution in [0, 0.1) is 5.92 Å². The van der Waals surface area contributed by atoms with Gasteiger partial charge in [-0.25, -0.2) is 4.79 Å². The fraction of sp³-hybridized carbons (Fsp3) is 0.333. The van der Waals surface area contributed by atoms with Crippen molar-refractivity contribution in [3.63, 3.8) is 0 Å². The predicted octanol–water partition coefficient (Wildman–Crippen LogP) is 2.33. The van der Waals surface area contributed by atoms with Gasteiger partial charge in [0.25, 0.3) is 0 Å². The topological polar surface area (TPSA) is 77.8 Å². The first-order valence-electron chi connectivity index (χ1n) is 7.81. The van der Waals surface area contributed by atoms with Gasteiger partial charge in [-0.05, 0) is 5.56 Å². The summed E-state index contributed by atoms with van der Waals surface area (Å²) in [5.41, 5.74) is 0.299. The molecule has 0 radical (unpaired) electrons. The molecule has 1 unspecified atom stereocenters. The summed E-state index contributed by atoms with van der Waals surface area (Å²) in [4.78, 5) is 24.0. The molecule has 1 aliphatic rings. The minimum Gasteiger partial charge on any atom is -0.482 e. The lowest BCUT2D eigenvalue weighted by atomic mass is 10.1. The highest BCUT2D eigenvalue weighted by Crippen LogP contribution is 2.28. The quantitative estimate of drug-likeness (QED) is 0.911. The van der Waals surface area contributed by atoms with Gasteiger partial charge in [-0.1, -0.05) is 37.3 Å². The lowest BCUT2D eigenvalue weighted by Crippen LogP contribution is -2.26. The van der Waals surface area contributed by atoms with Crippen LogP contribution in [-0.4, -0.2) is 28.9 Å². The molecule has 1 aliphatic heterocycles. The molecule has 2 heterocycles. The normalized spacial score (nSPS) is 20.0. The Kier molecular flexibility index (Phi) is 4.66. The van der Waals surface area contributed by atoms with Crippen LogP contribution in [0.2, 0.25) is 0 Å². The number of ether oxygens (including phenoxy) is 2. The average molecular weight is 329 g/mol. The second-order valence-electron chi connectivity index (χ2n) is 5.93. The summed E-state index contributed by atoms with van der Waals surface area (Å²) in [7, 11) is 0. The third-order valence-electron chi connectivity index (χ3n) is 4.20. The van der Waals surface area contributed by atoms with Gasteiger partial charge >= 0.3 is 5.97 Å². The molecule has 6 heteroatoms. The number of carboxylic acids is 1. The average Bonchev–Trinajstić information content (AvgIpc) is 3.00. The van der Waals surface area contributed by atoms with Crippen molar-refractivity contribution in [3.8, 4) is 5.75 Å². The van der Waals surface area contributed by atoms with E-state index in [-0.39, 0.29) is 30.0 Å². The third kappa shape index (κ3) is 3.19. The molecule has 0 saturated carbocycles. The van der Waals surface area contributed by atoms with E-state index < -0.39 is 11.4 Å². The Balaban J connectivity index is 1.98. The third-order valence-corrected chi connectivity index (χ3v) is 4.20. The summed E-state index contributed by atoms with van der Waals surface area (Å²) < 4.78 is 12.6. The summed E-state index contributed by atoms with van der Waals surface area (Å²) in [6.45, 7) is 3.11. The molecule has 6 nitrogen and oxygen atoms in total. The molecule has 1 aromatic heterocycles. The molecule has 2 aromatic rings. The maximum absolute atomic E-state index is 12.2. The second kappa shape index (κ2) is 6.88. The molecule has 126 valence electrons. The van der Waals surface area contributed by atoms with Gasteiger partial charge in [0.05, 0.1) is 19.3 Å². The van der Waals surface area contributed by atoms with Crippen molar-refractivity contribution in [2.75, 3.05) is 13.2 Å². The molecule has 1 saturated heterocycles. The molecule has 1 fully saturated rings. The van der Waals surface area contributed by atoms with Gasteiger partial charge in [-0.15, -0.1) is 0 Å². The van der Waals surface area contributed by atoms with Gasteiger partial charge in [0.15, 0.2) is 11.4 Å². The van der Waals surface area contributed by atoms with Crippen molar-refractivity contribution in [1.29, 1.82) is 0 Å². The number of pyridine rings is 1. The largest absolute Gasteiger partial charge is 0.482 e. The first-order chi connectivity index (χ1) is 11.6. The number of carboxylic acid groups (broad SMARTS) is 1. The van der Waals surface area contributed by atoms with E-state index in [1.807, 2.05) is 37.3 Å². The molecular formula is C18H19NO5. The molecule has 1 N–H and O–H groups in total. The molecule has 0 aliphatic carbocycles. The van der Waals surface area contributed by atoms with Crippen LogP contribution >= 0.6 is 0 Å². The molecule has 3 rings (SSSR count). The number of rotatable bonds is 5. The molecule has 0 spiro atoms. The van der Waals surface area contributed by atoms with Crippen LogP contribution in [0.25, 0.3) is 0 Å². The maximum Gasteiger partial charge on any atom is 0.356 e. The van der Waals surface area contributed by atoms with E-state index in [2.05, 4.69) is 0 Å². The van der Waals surface area contributed by atoms with Crippen LogP contribution in [0.3, 0.4) is 0 Å². The van der Waals surface area contributed by atoms with Gasteiger partial charge in [-0.3, -0.25) is 4.79 Å². The van der Waals surface area contributed by atoms with E-state index >= 15 is 0 Å². The standard InChI is InChI=1S/C18H19NO5/c1-12-9-23-11-14(12)19-8-7-15(20)17(16(19)18(21)22)24-10-13-5-3-2-4-6-13/h2-8,12,14H,9-11H2,1H3,(H,21,22)/t12?,14-/m1/s1. The van der Waals surface area contributed by atoms with Gasteiger partial charge in [0.2, 0.25) is 5.43 Å². The van der Waals surface area contributed by atoms with Crippen LogP contribution in [0.5, 0.6) is 5.75 Å². The SMILES string of the molecule is CC1COC[C@H]1n1ccc(=O)c(OCc2ccccc2)c1C(=O)O. The second-order valence-corrected chi connectivity index (χ2v) is 5.93. The van der Waals surface area contributed by atoms with E-state index in [0.717, 1.165) is 5.56 Å². The van der Waals surface area contributed by atoms with Gasteiger partial charge in [0, 0.05) is 18.2 Å². The number of carbonyl (C=O) groups is 1. The fourth-order valence-electron chi connectivity index (χ4n) is 2.89. The zero-order chi connectivity index (χ0) is 17.1. The summed E-state index contributed by atoms with van der Waals surface area (Å²) in [6.07, 6.45) is 1.51. The van der Waals surface area contributed by atoms with Crippen molar-refractivity contribution >= 4 is 5.97 Å². The highest BCUT2D eigenvalue weighted by Gasteiger charge is 2.30. The Morgan fingerprint density at radius 3 is 2.67 bits per heavy atom. The Morgan fingerprint density at radius 1 is 1.29 bits per heavy atom. The molecule has 1 aromatic carbocycles. The van der Waals surface area contributed by atoms with Crippen molar-refractivity contribution in [3.05, 3.63) is 64.1 Å². The van der Waals surface area contributed by atoms with E-state index in [1.165, 1.54) is 12.3 Å². The minimum absolute atomic E-state index is 0.124.